The van der Waals surface area contributed by atoms with E-state index in [0.29, 0.717) is 23.7 Å². The first kappa shape index (κ1) is 13.3. The van der Waals surface area contributed by atoms with E-state index in [4.69, 9.17) is 16.7 Å². The maximum atomic E-state index is 12.1. The van der Waals surface area contributed by atoms with Crippen LogP contribution in [0.25, 0.3) is 0 Å². The molecule has 0 unspecified atom stereocenters. The number of aliphatic hydroxyl groups is 2. The van der Waals surface area contributed by atoms with Crippen LogP contribution in [0.1, 0.15) is 16.9 Å². The standard InChI is InChI=1S/C12H15ClN2O3/c13-9-1-2-10(14-5-9)12(18)15-4-3-8(7-16)11(17)6-15/h1-2,5,8,11,16-17H,3-4,6-7H2/t8-,11+/m1/s1. The first-order chi connectivity index (χ1) is 8.61. The summed E-state index contributed by atoms with van der Waals surface area (Å²) in [6.45, 7) is 0.697. The summed E-state index contributed by atoms with van der Waals surface area (Å²) < 4.78 is 0. The second-order valence-corrected chi connectivity index (χ2v) is 4.85. The molecule has 0 aliphatic carbocycles. The Morgan fingerprint density at radius 1 is 1.56 bits per heavy atom. The number of aromatic nitrogens is 1. The molecular formula is C12H15ClN2O3. The van der Waals surface area contributed by atoms with E-state index in [-0.39, 0.29) is 25.0 Å². The summed E-state index contributed by atoms with van der Waals surface area (Å²) in [5.74, 6) is -0.366. The maximum absolute atomic E-state index is 12.1. The van der Waals surface area contributed by atoms with Gasteiger partial charge in [-0.05, 0) is 18.6 Å². The van der Waals surface area contributed by atoms with E-state index in [1.807, 2.05) is 0 Å². The van der Waals surface area contributed by atoms with Crippen LogP contribution < -0.4 is 0 Å². The van der Waals surface area contributed by atoms with Crippen LogP contribution in [0, 0.1) is 5.92 Å². The highest BCUT2D eigenvalue weighted by Crippen LogP contribution is 2.19. The SMILES string of the molecule is O=C(c1ccc(Cl)cn1)N1CC[C@H](CO)[C@@H](O)C1. The first-order valence-corrected chi connectivity index (χ1v) is 6.19. The quantitative estimate of drug-likeness (QED) is 0.823. The number of likely N-dealkylation sites (tertiary alicyclic amines) is 1. The van der Waals surface area contributed by atoms with E-state index >= 15 is 0 Å². The Kier molecular flexibility index (Phi) is 4.16. The van der Waals surface area contributed by atoms with Crippen LogP contribution in [0.5, 0.6) is 0 Å². The molecule has 0 aromatic carbocycles. The largest absolute Gasteiger partial charge is 0.396 e. The Bertz CT molecular complexity index is 424. The van der Waals surface area contributed by atoms with E-state index < -0.39 is 6.10 Å². The number of amides is 1. The van der Waals surface area contributed by atoms with Gasteiger partial charge in [0.1, 0.15) is 5.69 Å². The lowest BCUT2D eigenvalue weighted by atomic mass is 9.94. The predicted molar refractivity (Wildman–Crippen MR) is 66.4 cm³/mol. The topological polar surface area (TPSA) is 73.7 Å². The fourth-order valence-corrected chi connectivity index (χ4v) is 2.15. The number of hydrogen-bond acceptors (Lipinski definition) is 4. The highest BCUT2D eigenvalue weighted by Gasteiger charge is 2.30. The zero-order valence-electron chi connectivity index (χ0n) is 9.79. The molecule has 1 aliphatic heterocycles. The molecule has 0 spiro atoms. The van der Waals surface area contributed by atoms with Gasteiger partial charge in [-0.2, -0.15) is 0 Å². The Balaban J connectivity index is 2.04. The Hall–Kier alpha value is -1.17. The minimum absolute atomic E-state index is 0.0532. The summed E-state index contributed by atoms with van der Waals surface area (Å²) in [7, 11) is 0. The van der Waals surface area contributed by atoms with E-state index in [1.54, 1.807) is 17.0 Å². The smallest absolute Gasteiger partial charge is 0.272 e. The number of carbonyl (C=O) groups is 1. The van der Waals surface area contributed by atoms with Crippen molar-refractivity contribution in [3.63, 3.8) is 0 Å². The normalized spacial score (nSPS) is 24.1. The van der Waals surface area contributed by atoms with Gasteiger partial charge in [0, 0.05) is 31.8 Å². The van der Waals surface area contributed by atoms with Crippen molar-refractivity contribution in [2.24, 2.45) is 5.92 Å². The average Bonchev–Trinajstić information content (AvgIpc) is 2.38. The summed E-state index contributed by atoms with van der Waals surface area (Å²) in [5.41, 5.74) is 0.314. The number of piperidine rings is 1. The number of halogens is 1. The lowest BCUT2D eigenvalue weighted by Gasteiger charge is -2.34. The van der Waals surface area contributed by atoms with E-state index in [2.05, 4.69) is 4.98 Å². The highest BCUT2D eigenvalue weighted by atomic mass is 35.5. The van der Waals surface area contributed by atoms with Gasteiger partial charge in [-0.15, -0.1) is 0 Å². The van der Waals surface area contributed by atoms with Crippen LogP contribution >= 0.6 is 11.6 Å². The minimum Gasteiger partial charge on any atom is -0.396 e. The second kappa shape index (κ2) is 5.65. The molecule has 2 atom stereocenters. The van der Waals surface area contributed by atoms with Crippen LogP contribution in [-0.4, -0.2) is 51.8 Å². The van der Waals surface area contributed by atoms with Crippen LogP contribution in [0.4, 0.5) is 0 Å². The zero-order chi connectivity index (χ0) is 13.1. The van der Waals surface area contributed by atoms with Gasteiger partial charge < -0.3 is 15.1 Å². The second-order valence-electron chi connectivity index (χ2n) is 4.41. The molecule has 2 heterocycles. The Labute approximate surface area is 110 Å². The fourth-order valence-electron chi connectivity index (χ4n) is 2.04. The number of nitrogens with zero attached hydrogens (tertiary/aromatic N) is 2. The van der Waals surface area contributed by atoms with Gasteiger partial charge in [-0.25, -0.2) is 4.98 Å². The van der Waals surface area contributed by atoms with Gasteiger partial charge in [0.15, 0.2) is 0 Å². The summed E-state index contributed by atoms with van der Waals surface area (Å²) in [5, 5.41) is 19.3. The van der Waals surface area contributed by atoms with Gasteiger partial charge in [0.05, 0.1) is 11.1 Å². The van der Waals surface area contributed by atoms with E-state index in [0.717, 1.165) is 0 Å². The van der Waals surface area contributed by atoms with E-state index in [9.17, 15) is 9.90 Å². The number of pyridine rings is 1. The molecule has 1 saturated heterocycles. The molecule has 98 valence electrons. The molecule has 1 aromatic heterocycles. The molecule has 2 N–H and O–H groups in total. The fraction of sp³-hybridized carbons (Fsp3) is 0.500. The van der Waals surface area contributed by atoms with Crippen molar-refractivity contribution in [1.29, 1.82) is 0 Å². The van der Waals surface area contributed by atoms with Gasteiger partial charge in [0.2, 0.25) is 0 Å². The average molecular weight is 271 g/mol. The lowest BCUT2D eigenvalue weighted by Crippen LogP contribution is -2.47. The molecule has 6 heteroatoms. The molecule has 0 bridgehead atoms. The van der Waals surface area contributed by atoms with Crippen molar-refractivity contribution >= 4 is 17.5 Å². The third-order valence-electron chi connectivity index (χ3n) is 3.19. The molecule has 0 radical (unpaired) electrons. The van der Waals surface area contributed by atoms with Gasteiger partial charge in [0.25, 0.3) is 5.91 Å². The van der Waals surface area contributed by atoms with Crippen molar-refractivity contribution in [3.05, 3.63) is 29.0 Å². The van der Waals surface area contributed by atoms with Gasteiger partial charge >= 0.3 is 0 Å². The Morgan fingerprint density at radius 3 is 2.89 bits per heavy atom. The van der Waals surface area contributed by atoms with Crippen LogP contribution in [-0.2, 0) is 0 Å². The molecular weight excluding hydrogens is 256 g/mol. The van der Waals surface area contributed by atoms with Crippen molar-refractivity contribution in [3.8, 4) is 0 Å². The summed E-state index contributed by atoms with van der Waals surface area (Å²) in [4.78, 5) is 17.6. The monoisotopic (exact) mass is 270 g/mol. The number of hydrogen-bond donors (Lipinski definition) is 2. The third kappa shape index (κ3) is 2.80. The third-order valence-corrected chi connectivity index (χ3v) is 3.41. The molecule has 1 amide bonds. The molecule has 5 nitrogen and oxygen atoms in total. The molecule has 1 fully saturated rings. The summed E-state index contributed by atoms with van der Waals surface area (Å²) in [6.07, 6.45) is 1.34. The molecule has 1 aliphatic rings. The van der Waals surface area contributed by atoms with Crippen molar-refractivity contribution < 1.29 is 15.0 Å². The predicted octanol–water partition coefficient (Wildman–Crippen LogP) is 0.550. The van der Waals surface area contributed by atoms with Crippen LogP contribution in [0.15, 0.2) is 18.3 Å². The maximum Gasteiger partial charge on any atom is 0.272 e. The number of β-amino-alcohol motifs (C(OH)–C–C–N with tert-alkyl or cyclic N) is 1. The first-order valence-electron chi connectivity index (χ1n) is 5.81. The molecule has 0 saturated carbocycles. The van der Waals surface area contributed by atoms with Gasteiger partial charge in [-0.3, -0.25) is 4.79 Å². The number of aliphatic hydroxyl groups excluding tert-OH is 2. The van der Waals surface area contributed by atoms with E-state index in [1.165, 1.54) is 6.20 Å². The molecule has 1 aromatic rings. The zero-order valence-corrected chi connectivity index (χ0v) is 10.5. The molecule has 2 rings (SSSR count). The van der Waals surface area contributed by atoms with Crippen molar-refractivity contribution in [1.82, 2.24) is 9.88 Å². The Morgan fingerprint density at radius 2 is 2.33 bits per heavy atom. The van der Waals surface area contributed by atoms with Crippen molar-refractivity contribution in [2.45, 2.75) is 12.5 Å². The molecule has 18 heavy (non-hydrogen) atoms. The van der Waals surface area contributed by atoms with Crippen LogP contribution in [0.3, 0.4) is 0 Å². The summed E-state index contributed by atoms with van der Waals surface area (Å²) >= 11 is 5.71. The minimum atomic E-state index is -0.681. The lowest BCUT2D eigenvalue weighted by molar-refractivity contribution is 0.000660. The van der Waals surface area contributed by atoms with Crippen molar-refractivity contribution in [2.75, 3.05) is 19.7 Å². The number of rotatable bonds is 2. The van der Waals surface area contributed by atoms with Gasteiger partial charge in [-0.1, -0.05) is 11.6 Å². The number of carbonyl (C=O) groups excluding carboxylic acids is 1. The van der Waals surface area contributed by atoms with Crippen LogP contribution in [0.2, 0.25) is 5.02 Å². The highest BCUT2D eigenvalue weighted by molar-refractivity contribution is 6.30. The summed E-state index contributed by atoms with van der Waals surface area (Å²) in [6, 6.07) is 3.17.